The molecule has 0 heterocycles. The van der Waals surface area contributed by atoms with Crippen LogP contribution in [0.1, 0.15) is 5.56 Å². The molecule has 0 aliphatic carbocycles. The molecule has 0 spiro atoms. The molecule has 2 rings (SSSR count). The Morgan fingerprint density at radius 1 is 1.00 bits per heavy atom. The normalized spacial score (nSPS) is 11.2. The van der Waals surface area contributed by atoms with Crippen molar-refractivity contribution in [2.75, 3.05) is 0 Å². The second kappa shape index (κ2) is 5.24. The van der Waals surface area contributed by atoms with Crippen LogP contribution in [0, 0.1) is 0 Å². The van der Waals surface area contributed by atoms with Gasteiger partial charge in [0, 0.05) is 12.0 Å². The molecule has 1 N–H and O–H groups in total. The molecule has 0 bridgehead atoms. The summed E-state index contributed by atoms with van der Waals surface area (Å²) < 4.78 is 24.7. The fourth-order valence-electron chi connectivity index (χ4n) is 1.72. The second-order valence-electron chi connectivity index (χ2n) is 3.98. The molecule has 98 valence electrons. The van der Waals surface area contributed by atoms with E-state index in [-0.39, 0.29) is 22.0 Å². The van der Waals surface area contributed by atoms with Crippen LogP contribution < -0.4 is 0 Å². The first-order chi connectivity index (χ1) is 9.05. The summed E-state index contributed by atoms with van der Waals surface area (Å²) in [6.45, 7) is 0. The van der Waals surface area contributed by atoms with Crippen molar-refractivity contribution in [1.29, 1.82) is 0 Å². The fraction of sp³-hybridized carbons (Fsp3) is 0.0714. The minimum absolute atomic E-state index is 0.0238. The largest absolute Gasteiger partial charge is 0.508 e. The maximum Gasteiger partial charge on any atom is 0.206 e. The molecule has 0 saturated carbocycles. The Morgan fingerprint density at radius 3 is 2.32 bits per heavy atom. The topological polar surface area (TPSA) is 71.4 Å². The van der Waals surface area contributed by atoms with Crippen molar-refractivity contribution in [3.05, 3.63) is 54.1 Å². The lowest BCUT2D eigenvalue weighted by Crippen LogP contribution is -2.02. The Kier molecular flexibility index (Phi) is 3.66. The third-order valence-corrected chi connectivity index (χ3v) is 4.49. The smallest absolute Gasteiger partial charge is 0.206 e. The van der Waals surface area contributed by atoms with Gasteiger partial charge in [-0.2, -0.15) is 0 Å². The van der Waals surface area contributed by atoms with Crippen LogP contribution in [0.25, 0.3) is 0 Å². The van der Waals surface area contributed by atoms with Crippen LogP contribution in [-0.4, -0.2) is 19.8 Å². The first kappa shape index (κ1) is 13.3. The van der Waals surface area contributed by atoms with Gasteiger partial charge in [0.1, 0.15) is 12.0 Å². The highest BCUT2D eigenvalue weighted by molar-refractivity contribution is 7.91. The van der Waals surface area contributed by atoms with E-state index in [1.807, 2.05) is 0 Å². The van der Waals surface area contributed by atoms with E-state index in [9.17, 15) is 18.3 Å². The van der Waals surface area contributed by atoms with Gasteiger partial charge in [0.15, 0.2) is 0 Å². The van der Waals surface area contributed by atoms with Gasteiger partial charge in [-0.05, 0) is 30.3 Å². The standard InChI is InChI=1S/C14H12O4S/c15-9-8-11-10-13(6-7-14(11)16)19(17,18)12-4-2-1-3-5-12/h1-7,9-10,16H,8H2. The number of phenols is 1. The zero-order valence-corrected chi connectivity index (χ0v) is 10.8. The Labute approximate surface area is 111 Å². The highest BCUT2D eigenvalue weighted by Gasteiger charge is 2.18. The van der Waals surface area contributed by atoms with E-state index in [0.717, 1.165) is 0 Å². The Hall–Kier alpha value is -2.14. The number of benzene rings is 2. The first-order valence-electron chi connectivity index (χ1n) is 5.61. The molecule has 0 atom stereocenters. The third kappa shape index (κ3) is 2.66. The first-order valence-corrected chi connectivity index (χ1v) is 7.09. The van der Waals surface area contributed by atoms with Crippen molar-refractivity contribution >= 4 is 16.1 Å². The molecule has 0 radical (unpaired) electrons. The monoisotopic (exact) mass is 276 g/mol. The Bertz CT molecular complexity index is 691. The average molecular weight is 276 g/mol. The lowest BCUT2D eigenvalue weighted by atomic mass is 10.1. The van der Waals surface area contributed by atoms with Crippen LogP contribution >= 0.6 is 0 Å². The number of rotatable bonds is 4. The van der Waals surface area contributed by atoms with Gasteiger partial charge in [-0.25, -0.2) is 8.42 Å². The maximum absolute atomic E-state index is 12.3. The number of hydrogen-bond donors (Lipinski definition) is 1. The van der Waals surface area contributed by atoms with Crippen molar-refractivity contribution in [2.45, 2.75) is 16.2 Å². The number of phenolic OH excluding ortho intramolecular Hbond substituents is 1. The Balaban J connectivity index is 2.53. The number of aldehydes is 1. The predicted octanol–water partition coefficient (Wildman–Crippen LogP) is 1.97. The number of hydrogen-bond acceptors (Lipinski definition) is 4. The number of sulfone groups is 1. The van der Waals surface area contributed by atoms with E-state index in [2.05, 4.69) is 0 Å². The minimum Gasteiger partial charge on any atom is -0.508 e. The average Bonchev–Trinajstić information content (AvgIpc) is 2.42. The molecule has 2 aromatic carbocycles. The van der Waals surface area contributed by atoms with Crippen LogP contribution in [-0.2, 0) is 21.1 Å². The summed E-state index contributed by atoms with van der Waals surface area (Å²) in [4.78, 5) is 10.7. The van der Waals surface area contributed by atoms with Gasteiger partial charge >= 0.3 is 0 Å². The zero-order chi connectivity index (χ0) is 13.9. The summed E-state index contributed by atoms with van der Waals surface area (Å²) in [6, 6.07) is 11.9. The fourth-order valence-corrected chi connectivity index (χ4v) is 3.05. The lowest BCUT2D eigenvalue weighted by molar-refractivity contribution is -0.107. The second-order valence-corrected chi connectivity index (χ2v) is 5.93. The van der Waals surface area contributed by atoms with E-state index in [1.54, 1.807) is 18.2 Å². The molecule has 2 aromatic rings. The van der Waals surface area contributed by atoms with E-state index >= 15 is 0 Å². The van der Waals surface area contributed by atoms with Gasteiger partial charge in [0.05, 0.1) is 9.79 Å². The molecule has 4 nitrogen and oxygen atoms in total. The van der Waals surface area contributed by atoms with Crippen molar-refractivity contribution in [3.8, 4) is 5.75 Å². The van der Waals surface area contributed by atoms with Crippen LogP contribution in [0.15, 0.2) is 58.3 Å². The summed E-state index contributed by atoms with van der Waals surface area (Å²) in [5, 5.41) is 9.55. The van der Waals surface area contributed by atoms with Crippen molar-refractivity contribution < 1.29 is 18.3 Å². The van der Waals surface area contributed by atoms with Crippen LogP contribution in [0.3, 0.4) is 0 Å². The van der Waals surface area contributed by atoms with Crippen LogP contribution in [0.2, 0.25) is 0 Å². The molecule has 5 heteroatoms. The molecule has 0 aromatic heterocycles. The van der Waals surface area contributed by atoms with E-state index in [1.165, 1.54) is 30.3 Å². The van der Waals surface area contributed by atoms with Gasteiger partial charge in [-0.15, -0.1) is 0 Å². The SMILES string of the molecule is O=CCc1cc(S(=O)(=O)c2ccccc2)ccc1O. The van der Waals surface area contributed by atoms with Gasteiger partial charge in [-0.1, -0.05) is 18.2 Å². The van der Waals surface area contributed by atoms with E-state index in [0.29, 0.717) is 11.8 Å². The van der Waals surface area contributed by atoms with Gasteiger partial charge < -0.3 is 9.90 Å². The van der Waals surface area contributed by atoms with Crippen molar-refractivity contribution in [3.63, 3.8) is 0 Å². The molecule has 0 amide bonds. The van der Waals surface area contributed by atoms with Gasteiger partial charge in [0.2, 0.25) is 9.84 Å². The minimum atomic E-state index is -3.62. The summed E-state index contributed by atoms with van der Waals surface area (Å²) in [5.74, 6) is -0.0842. The molecule has 0 fully saturated rings. The van der Waals surface area contributed by atoms with Crippen LogP contribution in [0.4, 0.5) is 0 Å². The summed E-state index contributed by atoms with van der Waals surface area (Å²) in [5.41, 5.74) is 0.298. The molecule has 0 unspecified atom stereocenters. The number of carbonyl (C=O) groups excluding carboxylic acids is 1. The van der Waals surface area contributed by atoms with Gasteiger partial charge in [0.25, 0.3) is 0 Å². The summed E-state index contributed by atoms with van der Waals surface area (Å²) in [7, 11) is -3.62. The molecular formula is C14H12O4S. The number of carbonyl (C=O) groups is 1. The number of aromatic hydroxyl groups is 1. The molecule has 0 aliphatic heterocycles. The Morgan fingerprint density at radius 2 is 1.68 bits per heavy atom. The quantitative estimate of drug-likeness (QED) is 0.867. The lowest BCUT2D eigenvalue weighted by Gasteiger charge is -2.07. The molecule has 0 saturated heterocycles. The third-order valence-electron chi connectivity index (χ3n) is 2.72. The van der Waals surface area contributed by atoms with E-state index in [4.69, 9.17) is 0 Å². The molecule has 0 aliphatic rings. The highest BCUT2D eigenvalue weighted by Crippen LogP contribution is 2.25. The summed E-state index contributed by atoms with van der Waals surface area (Å²) >= 11 is 0. The molecule has 19 heavy (non-hydrogen) atoms. The van der Waals surface area contributed by atoms with Crippen molar-refractivity contribution in [1.82, 2.24) is 0 Å². The zero-order valence-electron chi connectivity index (χ0n) is 9.98. The van der Waals surface area contributed by atoms with Crippen molar-refractivity contribution in [2.24, 2.45) is 0 Å². The van der Waals surface area contributed by atoms with Crippen LogP contribution in [0.5, 0.6) is 5.75 Å². The predicted molar refractivity (Wildman–Crippen MR) is 69.8 cm³/mol. The maximum atomic E-state index is 12.3. The van der Waals surface area contributed by atoms with E-state index < -0.39 is 9.84 Å². The molecular weight excluding hydrogens is 264 g/mol. The van der Waals surface area contributed by atoms with Gasteiger partial charge in [-0.3, -0.25) is 0 Å². The summed E-state index contributed by atoms with van der Waals surface area (Å²) in [6.07, 6.45) is 0.595. The highest BCUT2D eigenvalue weighted by atomic mass is 32.2.